The van der Waals surface area contributed by atoms with Gasteiger partial charge in [0.2, 0.25) is 0 Å². The average Bonchev–Trinajstić information content (AvgIpc) is 2.90. The monoisotopic (exact) mass is 365 g/mol. The second-order valence-electron chi connectivity index (χ2n) is 5.57. The molecule has 3 rings (SSSR count). The third-order valence-corrected chi connectivity index (χ3v) is 4.85. The number of aromatic nitrogens is 1. The predicted molar refractivity (Wildman–Crippen MR) is 87.5 cm³/mol. The molecule has 25 heavy (non-hydrogen) atoms. The lowest BCUT2D eigenvalue weighted by Gasteiger charge is -2.09. The molecule has 0 aliphatic heterocycles. The highest BCUT2D eigenvalue weighted by Crippen LogP contribution is 2.26. The van der Waals surface area contributed by atoms with E-state index in [0.29, 0.717) is 11.3 Å². The molecule has 0 radical (unpaired) electrons. The fraction of sp³-hybridized carbons (Fsp3) is 0.118. The maximum Gasteiger partial charge on any atom is 0.424 e. The maximum absolute atomic E-state index is 14.1. The summed E-state index contributed by atoms with van der Waals surface area (Å²) in [7, 11) is -3.71. The van der Waals surface area contributed by atoms with Gasteiger partial charge in [0.05, 0.1) is 11.4 Å². The van der Waals surface area contributed by atoms with Gasteiger partial charge in [-0.1, -0.05) is 6.07 Å². The van der Waals surface area contributed by atoms with E-state index >= 15 is 0 Å². The van der Waals surface area contributed by atoms with E-state index in [1.54, 1.807) is 6.92 Å². The van der Waals surface area contributed by atoms with E-state index in [1.165, 1.54) is 24.3 Å². The van der Waals surface area contributed by atoms with Gasteiger partial charge in [-0.25, -0.2) is 26.6 Å². The normalized spacial score (nSPS) is 11.7. The number of halogens is 2. The lowest BCUT2D eigenvalue weighted by molar-refractivity contribution is 0.504. The van der Waals surface area contributed by atoms with Crippen molar-refractivity contribution in [2.24, 2.45) is 0 Å². The molecule has 0 aliphatic carbocycles. The van der Waals surface area contributed by atoms with Crippen molar-refractivity contribution in [3.05, 3.63) is 70.4 Å². The second kappa shape index (κ2) is 5.96. The molecule has 0 amide bonds. The lowest BCUT2D eigenvalue weighted by atomic mass is 10.1. The Morgan fingerprint density at radius 1 is 1.04 bits per heavy atom. The van der Waals surface area contributed by atoms with Crippen LogP contribution in [0.5, 0.6) is 0 Å². The zero-order valence-electron chi connectivity index (χ0n) is 13.3. The number of oxazole rings is 1. The first-order valence-electron chi connectivity index (χ1n) is 7.15. The molecule has 0 saturated heterocycles. The van der Waals surface area contributed by atoms with E-state index < -0.39 is 32.1 Å². The highest BCUT2D eigenvalue weighted by atomic mass is 32.2. The maximum atomic E-state index is 14.1. The minimum Gasteiger partial charge on any atom is -0.415 e. The van der Waals surface area contributed by atoms with E-state index in [9.17, 15) is 22.0 Å². The van der Waals surface area contributed by atoms with Crippen LogP contribution in [0.1, 0.15) is 5.56 Å². The van der Waals surface area contributed by atoms with Gasteiger partial charge >= 0.3 is 5.76 Å². The summed E-state index contributed by atoms with van der Waals surface area (Å²) in [6.45, 7) is 1.55. The zero-order valence-corrected chi connectivity index (χ0v) is 14.1. The molecule has 0 fully saturated rings. The minimum absolute atomic E-state index is 0.218. The summed E-state index contributed by atoms with van der Waals surface area (Å²) < 4.78 is 56.7. The van der Waals surface area contributed by atoms with Gasteiger partial charge in [0.1, 0.15) is 22.8 Å². The summed E-state index contributed by atoms with van der Waals surface area (Å²) in [6, 6.07) is 7.56. The Kier molecular flexibility index (Phi) is 4.08. The van der Waals surface area contributed by atoms with Crippen LogP contribution < -0.4 is 5.76 Å². The Bertz CT molecular complexity index is 1130. The summed E-state index contributed by atoms with van der Waals surface area (Å²) in [5.74, 6) is -2.09. The van der Waals surface area contributed by atoms with Crippen LogP contribution in [0.3, 0.4) is 0 Å². The zero-order chi connectivity index (χ0) is 18.4. The molecule has 0 bridgehead atoms. The molecular formula is C17H13F2NO4S. The van der Waals surface area contributed by atoms with Crippen molar-refractivity contribution in [3.63, 3.8) is 0 Å². The lowest BCUT2D eigenvalue weighted by Crippen LogP contribution is -2.13. The third kappa shape index (κ3) is 3.12. The van der Waals surface area contributed by atoms with Gasteiger partial charge in [-0.2, -0.15) is 0 Å². The van der Waals surface area contributed by atoms with Crippen LogP contribution in [0.2, 0.25) is 0 Å². The Hall–Kier alpha value is -2.74. The molecule has 1 aromatic heterocycles. The van der Waals surface area contributed by atoms with Crippen molar-refractivity contribution in [3.8, 4) is 16.9 Å². The molecule has 0 unspecified atom stereocenters. The summed E-state index contributed by atoms with van der Waals surface area (Å²) in [4.78, 5) is 11.6. The highest BCUT2D eigenvalue weighted by Gasteiger charge is 2.18. The van der Waals surface area contributed by atoms with Crippen LogP contribution in [-0.4, -0.2) is 19.2 Å². The molecule has 130 valence electrons. The summed E-state index contributed by atoms with van der Waals surface area (Å²) in [5, 5.41) is 0. The predicted octanol–water partition coefficient (Wildman–Crippen LogP) is 3.09. The van der Waals surface area contributed by atoms with Gasteiger partial charge in [-0.15, -0.1) is 0 Å². The first-order valence-corrected chi connectivity index (χ1v) is 9.04. The fourth-order valence-corrected chi connectivity index (χ4v) is 3.21. The molecule has 0 aliphatic rings. The number of aryl methyl sites for hydroxylation is 1. The van der Waals surface area contributed by atoms with Gasteiger partial charge in [0, 0.05) is 11.8 Å². The van der Waals surface area contributed by atoms with Crippen LogP contribution in [0.4, 0.5) is 8.78 Å². The topological polar surface area (TPSA) is 69.3 Å². The Morgan fingerprint density at radius 3 is 2.36 bits per heavy atom. The van der Waals surface area contributed by atoms with Crippen LogP contribution in [0.25, 0.3) is 16.9 Å². The van der Waals surface area contributed by atoms with Crippen LogP contribution in [0, 0.1) is 18.6 Å². The number of benzene rings is 2. The first-order chi connectivity index (χ1) is 11.7. The Morgan fingerprint density at radius 2 is 1.76 bits per heavy atom. The molecule has 5 nitrogen and oxygen atoms in total. The summed E-state index contributed by atoms with van der Waals surface area (Å²) in [6.07, 6.45) is 2.04. The molecule has 0 saturated carbocycles. The first kappa shape index (κ1) is 17.1. The quantitative estimate of drug-likeness (QED) is 0.715. The van der Waals surface area contributed by atoms with Crippen LogP contribution in [0.15, 0.2) is 56.8 Å². The fourth-order valence-electron chi connectivity index (χ4n) is 2.48. The highest BCUT2D eigenvalue weighted by molar-refractivity contribution is 7.90. The number of sulfone groups is 1. The second-order valence-corrected chi connectivity index (χ2v) is 7.56. The van der Waals surface area contributed by atoms with Crippen molar-refractivity contribution in [1.29, 1.82) is 0 Å². The molecule has 0 atom stereocenters. The number of nitrogens with zero attached hydrogens (tertiary/aromatic N) is 1. The van der Waals surface area contributed by atoms with Crippen molar-refractivity contribution in [2.75, 3.05) is 6.26 Å². The van der Waals surface area contributed by atoms with E-state index in [4.69, 9.17) is 4.42 Å². The SMILES string of the molecule is Cc1cc(-n2c(-c3ccc(S(C)(=O)=O)c(F)c3)coc2=O)ccc1F. The Balaban J connectivity index is 2.19. The van der Waals surface area contributed by atoms with Crippen molar-refractivity contribution in [2.45, 2.75) is 11.8 Å². The summed E-state index contributed by atoms with van der Waals surface area (Å²) >= 11 is 0. The van der Waals surface area contributed by atoms with Crippen molar-refractivity contribution in [1.82, 2.24) is 4.57 Å². The van der Waals surface area contributed by atoms with Gasteiger partial charge in [0.25, 0.3) is 0 Å². The van der Waals surface area contributed by atoms with E-state index in [-0.39, 0.29) is 11.3 Å². The number of rotatable bonds is 3. The Labute approximate surface area is 142 Å². The largest absolute Gasteiger partial charge is 0.424 e. The molecule has 0 spiro atoms. The van der Waals surface area contributed by atoms with Crippen molar-refractivity contribution < 1.29 is 21.6 Å². The van der Waals surface area contributed by atoms with Crippen LogP contribution in [-0.2, 0) is 9.84 Å². The average molecular weight is 365 g/mol. The minimum atomic E-state index is -3.71. The molecule has 3 aromatic rings. The summed E-state index contributed by atoms with van der Waals surface area (Å²) in [5.41, 5.74) is 1.14. The standard InChI is InChI=1S/C17H13F2NO4S/c1-10-7-12(4-5-13(10)18)20-15(9-24-17(20)21)11-3-6-16(14(19)8-11)25(2,22)23/h3-9H,1-2H3. The van der Waals surface area contributed by atoms with Gasteiger partial charge in [-0.3, -0.25) is 0 Å². The molecule has 2 aromatic carbocycles. The third-order valence-electron chi connectivity index (χ3n) is 3.72. The van der Waals surface area contributed by atoms with Gasteiger partial charge in [-0.05, 0) is 42.8 Å². The smallest absolute Gasteiger partial charge is 0.415 e. The number of hydrogen-bond donors (Lipinski definition) is 0. The molecule has 0 N–H and O–H groups in total. The van der Waals surface area contributed by atoms with E-state index in [1.807, 2.05) is 0 Å². The van der Waals surface area contributed by atoms with Crippen molar-refractivity contribution >= 4 is 9.84 Å². The van der Waals surface area contributed by atoms with Gasteiger partial charge < -0.3 is 4.42 Å². The van der Waals surface area contributed by atoms with E-state index in [2.05, 4.69) is 0 Å². The van der Waals surface area contributed by atoms with Gasteiger partial charge in [0.15, 0.2) is 9.84 Å². The molecule has 8 heteroatoms. The van der Waals surface area contributed by atoms with Crippen LogP contribution >= 0.6 is 0 Å². The molecular weight excluding hydrogens is 352 g/mol. The molecule has 1 heterocycles. The van der Waals surface area contributed by atoms with E-state index in [0.717, 1.165) is 29.2 Å². The number of hydrogen-bond acceptors (Lipinski definition) is 4.